The molecule has 0 amide bonds. The zero-order valence-electron chi connectivity index (χ0n) is 12.3. The van der Waals surface area contributed by atoms with Gasteiger partial charge in [0.05, 0.1) is 6.04 Å². The topological polar surface area (TPSA) is 24.9 Å². The Kier molecular flexibility index (Phi) is 4.85. The van der Waals surface area contributed by atoms with E-state index in [4.69, 9.17) is 0 Å². The Morgan fingerprint density at radius 2 is 1.95 bits per heavy atom. The quantitative estimate of drug-likeness (QED) is 0.892. The third kappa shape index (κ3) is 3.64. The van der Waals surface area contributed by atoms with Crippen LogP contribution in [-0.4, -0.2) is 11.5 Å². The minimum absolute atomic E-state index is 0.00560. The minimum atomic E-state index is -0.186. The predicted octanol–water partition coefficient (Wildman–Crippen LogP) is 3.93. The van der Waals surface area contributed by atoms with E-state index in [0.717, 1.165) is 35.3 Å². The number of pyridine rings is 1. The number of aryl methyl sites for hydroxylation is 2. The van der Waals surface area contributed by atoms with E-state index >= 15 is 0 Å². The van der Waals surface area contributed by atoms with Crippen LogP contribution in [0.15, 0.2) is 36.5 Å². The summed E-state index contributed by atoms with van der Waals surface area (Å²) in [6.45, 7) is 6.90. The van der Waals surface area contributed by atoms with Crippen molar-refractivity contribution in [3.05, 3.63) is 64.7 Å². The van der Waals surface area contributed by atoms with Crippen LogP contribution >= 0.6 is 0 Å². The summed E-state index contributed by atoms with van der Waals surface area (Å²) >= 11 is 0. The molecule has 1 N–H and O–H groups in total. The van der Waals surface area contributed by atoms with Gasteiger partial charge in [0.15, 0.2) is 0 Å². The van der Waals surface area contributed by atoms with Gasteiger partial charge >= 0.3 is 0 Å². The molecule has 0 saturated heterocycles. The fraction of sp³-hybridized carbons (Fsp3) is 0.353. The van der Waals surface area contributed by atoms with Crippen LogP contribution in [-0.2, 0) is 0 Å². The van der Waals surface area contributed by atoms with Gasteiger partial charge in [-0.3, -0.25) is 4.98 Å². The molecule has 0 radical (unpaired) electrons. The highest BCUT2D eigenvalue weighted by Crippen LogP contribution is 2.24. The van der Waals surface area contributed by atoms with E-state index in [-0.39, 0.29) is 11.9 Å². The van der Waals surface area contributed by atoms with Crippen LogP contribution in [0, 0.1) is 19.7 Å². The number of nitrogens with one attached hydrogen (secondary N) is 1. The molecule has 3 heteroatoms. The first kappa shape index (κ1) is 14.7. The van der Waals surface area contributed by atoms with Gasteiger partial charge in [-0.2, -0.15) is 0 Å². The maximum absolute atomic E-state index is 13.7. The first-order chi connectivity index (χ1) is 9.60. The molecule has 0 spiro atoms. The molecule has 2 aromatic rings. The summed E-state index contributed by atoms with van der Waals surface area (Å²) in [6, 6.07) is 9.24. The molecule has 2 nitrogen and oxygen atoms in total. The van der Waals surface area contributed by atoms with E-state index in [1.165, 1.54) is 0 Å². The van der Waals surface area contributed by atoms with Crippen molar-refractivity contribution in [3.8, 4) is 0 Å². The van der Waals surface area contributed by atoms with E-state index in [1.54, 1.807) is 18.3 Å². The SMILES string of the molecule is CCCNC(c1cc(C)cc(F)c1)c1ccnc(C)c1. The van der Waals surface area contributed by atoms with Crippen LogP contribution in [0.3, 0.4) is 0 Å². The van der Waals surface area contributed by atoms with E-state index in [0.29, 0.717) is 0 Å². The average Bonchev–Trinajstić information content (AvgIpc) is 2.38. The highest BCUT2D eigenvalue weighted by atomic mass is 19.1. The molecule has 1 unspecified atom stereocenters. The van der Waals surface area contributed by atoms with Gasteiger partial charge in [0.1, 0.15) is 5.82 Å². The molecule has 0 aliphatic rings. The predicted molar refractivity (Wildman–Crippen MR) is 80.2 cm³/mol. The molecule has 0 aliphatic carbocycles. The van der Waals surface area contributed by atoms with Crippen molar-refractivity contribution in [2.75, 3.05) is 6.54 Å². The zero-order valence-corrected chi connectivity index (χ0v) is 12.3. The third-order valence-corrected chi connectivity index (χ3v) is 3.25. The van der Waals surface area contributed by atoms with Gasteiger partial charge in [0.2, 0.25) is 0 Å². The first-order valence-corrected chi connectivity index (χ1v) is 7.03. The van der Waals surface area contributed by atoms with Gasteiger partial charge in [0.25, 0.3) is 0 Å². The van der Waals surface area contributed by atoms with Crippen molar-refractivity contribution in [2.45, 2.75) is 33.2 Å². The smallest absolute Gasteiger partial charge is 0.123 e. The Labute approximate surface area is 120 Å². The highest BCUT2D eigenvalue weighted by Gasteiger charge is 2.15. The molecule has 1 atom stereocenters. The lowest BCUT2D eigenvalue weighted by molar-refractivity contribution is 0.584. The van der Waals surface area contributed by atoms with Gasteiger partial charge in [-0.05, 0) is 67.8 Å². The van der Waals surface area contributed by atoms with Gasteiger partial charge in [-0.15, -0.1) is 0 Å². The van der Waals surface area contributed by atoms with Gasteiger partial charge in [0, 0.05) is 11.9 Å². The van der Waals surface area contributed by atoms with Gasteiger partial charge in [-0.25, -0.2) is 4.39 Å². The number of hydrogen-bond donors (Lipinski definition) is 1. The average molecular weight is 272 g/mol. The lowest BCUT2D eigenvalue weighted by atomic mass is 9.97. The molecule has 1 aromatic carbocycles. The minimum Gasteiger partial charge on any atom is -0.306 e. The van der Waals surface area contributed by atoms with Crippen LogP contribution in [0.2, 0.25) is 0 Å². The Morgan fingerprint density at radius 3 is 2.60 bits per heavy atom. The number of halogens is 1. The van der Waals surface area contributed by atoms with Crippen LogP contribution in [0.5, 0.6) is 0 Å². The highest BCUT2D eigenvalue weighted by molar-refractivity contribution is 5.34. The van der Waals surface area contributed by atoms with Crippen molar-refractivity contribution >= 4 is 0 Å². The number of aromatic nitrogens is 1. The van der Waals surface area contributed by atoms with Gasteiger partial charge < -0.3 is 5.32 Å². The summed E-state index contributed by atoms with van der Waals surface area (Å²) in [6.07, 6.45) is 2.84. The Balaban J connectivity index is 2.41. The molecule has 1 aromatic heterocycles. The lowest BCUT2D eigenvalue weighted by Crippen LogP contribution is -2.23. The van der Waals surface area contributed by atoms with Crippen molar-refractivity contribution in [1.29, 1.82) is 0 Å². The fourth-order valence-electron chi connectivity index (χ4n) is 2.40. The second-order valence-corrected chi connectivity index (χ2v) is 5.18. The summed E-state index contributed by atoms with van der Waals surface area (Å²) in [4.78, 5) is 4.23. The maximum Gasteiger partial charge on any atom is 0.123 e. The summed E-state index contributed by atoms with van der Waals surface area (Å²) in [5, 5.41) is 3.49. The van der Waals surface area contributed by atoms with Gasteiger partial charge in [-0.1, -0.05) is 13.0 Å². The number of hydrogen-bond acceptors (Lipinski definition) is 2. The van der Waals surface area contributed by atoms with Crippen LogP contribution in [0.1, 0.15) is 41.8 Å². The molecular weight excluding hydrogens is 251 g/mol. The molecular formula is C17H21FN2. The molecule has 20 heavy (non-hydrogen) atoms. The van der Waals surface area contributed by atoms with Crippen LogP contribution in [0.4, 0.5) is 4.39 Å². The summed E-state index contributed by atoms with van der Waals surface area (Å²) < 4.78 is 13.7. The van der Waals surface area contributed by atoms with Crippen molar-refractivity contribution in [1.82, 2.24) is 10.3 Å². The van der Waals surface area contributed by atoms with Crippen molar-refractivity contribution < 1.29 is 4.39 Å². The van der Waals surface area contributed by atoms with E-state index in [1.807, 2.05) is 32.0 Å². The number of rotatable bonds is 5. The number of benzene rings is 1. The Hall–Kier alpha value is -1.74. The Bertz CT molecular complexity index is 561. The van der Waals surface area contributed by atoms with Crippen molar-refractivity contribution in [2.24, 2.45) is 0 Å². The second kappa shape index (κ2) is 6.62. The zero-order chi connectivity index (χ0) is 14.5. The molecule has 0 fully saturated rings. The summed E-state index contributed by atoms with van der Waals surface area (Å²) in [5.74, 6) is -0.186. The van der Waals surface area contributed by atoms with E-state index in [9.17, 15) is 4.39 Å². The third-order valence-electron chi connectivity index (χ3n) is 3.25. The van der Waals surface area contributed by atoms with E-state index in [2.05, 4.69) is 17.2 Å². The van der Waals surface area contributed by atoms with Crippen LogP contribution in [0.25, 0.3) is 0 Å². The van der Waals surface area contributed by atoms with E-state index < -0.39 is 0 Å². The molecule has 2 rings (SSSR count). The normalized spacial score (nSPS) is 12.4. The second-order valence-electron chi connectivity index (χ2n) is 5.18. The van der Waals surface area contributed by atoms with Crippen molar-refractivity contribution in [3.63, 3.8) is 0 Å². The molecule has 0 saturated carbocycles. The number of nitrogens with zero attached hydrogens (tertiary/aromatic N) is 1. The first-order valence-electron chi connectivity index (χ1n) is 7.03. The maximum atomic E-state index is 13.7. The Morgan fingerprint density at radius 1 is 1.15 bits per heavy atom. The standard InChI is InChI=1S/C17H21FN2/c1-4-6-20-17(14-5-7-19-13(3)10-14)15-8-12(2)9-16(18)11-15/h5,7-11,17,20H,4,6H2,1-3H3. The lowest BCUT2D eigenvalue weighted by Gasteiger charge is -2.20. The van der Waals surface area contributed by atoms with Crippen LogP contribution < -0.4 is 5.32 Å². The largest absolute Gasteiger partial charge is 0.306 e. The molecule has 106 valence electrons. The molecule has 0 bridgehead atoms. The summed E-state index contributed by atoms with van der Waals surface area (Å²) in [7, 11) is 0. The summed E-state index contributed by atoms with van der Waals surface area (Å²) in [5.41, 5.74) is 3.99. The molecule has 0 aliphatic heterocycles. The monoisotopic (exact) mass is 272 g/mol. The fourth-order valence-corrected chi connectivity index (χ4v) is 2.40. The molecule has 1 heterocycles.